The van der Waals surface area contributed by atoms with Gasteiger partial charge in [-0.3, -0.25) is 4.79 Å². The highest BCUT2D eigenvalue weighted by atomic mass is 16.1. The van der Waals surface area contributed by atoms with Crippen molar-refractivity contribution in [3.8, 4) is 6.07 Å². The Hall–Kier alpha value is -2.02. The van der Waals surface area contributed by atoms with E-state index >= 15 is 0 Å². The lowest BCUT2D eigenvalue weighted by atomic mass is 10.2. The first-order valence-corrected chi connectivity index (χ1v) is 4.24. The van der Waals surface area contributed by atoms with Crippen LogP contribution in [0.25, 0.3) is 0 Å². The van der Waals surface area contributed by atoms with Crippen molar-refractivity contribution in [3.63, 3.8) is 0 Å². The first kappa shape index (κ1) is 10.1. The van der Waals surface area contributed by atoms with Crippen molar-refractivity contribution < 1.29 is 4.79 Å². The molecule has 0 fully saturated rings. The number of carbonyl (C=O) groups excluding carboxylic acids is 1. The number of carbonyl (C=O) groups is 1. The Kier molecular flexibility index (Phi) is 3.50. The summed E-state index contributed by atoms with van der Waals surface area (Å²) in [5.41, 5.74) is 6.45. The topological polar surface area (TPSA) is 78.9 Å². The highest BCUT2D eigenvalue weighted by Gasteiger charge is 1.98. The molecule has 0 spiro atoms. The van der Waals surface area contributed by atoms with E-state index in [0.29, 0.717) is 18.5 Å². The summed E-state index contributed by atoms with van der Waals surface area (Å²) in [7, 11) is 0. The lowest BCUT2D eigenvalue weighted by molar-refractivity contribution is 0.100. The van der Waals surface area contributed by atoms with E-state index in [1.54, 1.807) is 24.3 Å². The quantitative estimate of drug-likeness (QED) is 0.696. The number of nitriles is 1. The highest BCUT2D eigenvalue weighted by molar-refractivity contribution is 5.93. The van der Waals surface area contributed by atoms with E-state index in [1.165, 1.54) is 0 Å². The molecule has 0 aliphatic carbocycles. The molecule has 0 saturated heterocycles. The number of hydrogen-bond acceptors (Lipinski definition) is 3. The van der Waals surface area contributed by atoms with Gasteiger partial charge in [0.1, 0.15) is 0 Å². The molecule has 1 aromatic rings. The van der Waals surface area contributed by atoms with Gasteiger partial charge in [-0.15, -0.1) is 0 Å². The number of nitrogens with one attached hydrogen (secondary N) is 1. The maximum atomic E-state index is 10.7. The summed E-state index contributed by atoms with van der Waals surface area (Å²) < 4.78 is 0. The number of anilines is 1. The number of nitrogens with zero attached hydrogens (tertiary/aromatic N) is 1. The number of nitrogens with two attached hydrogens (primary N) is 1. The molecule has 0 aliphatic heterocycles. The third-order valence-electron chi connectivity index (χ3n) is 1.74. The molecule has 4 nitrogen and oxygen atoms in total. The van der Waals surface area contributed by atoms with Crippen molar-refractivity contribution in [2.45, 2.75) is 6.42 Å². The van der Waals surface area contributed by atoms with Gasteiger partial charge >= 0.3 is 0 Å². The Morgan fingerprint density at radius 2 is 2.07 bits per heavy atom. The van der Waals surface area contributed by atoms with Crippen LogP contribution in [0.5, 0.6) is 0 Å². The molecule has 3 N–H and O–H groups in total. The van der Waals surface area contributed by atoms with E-state index < -0.39 is 5.91 Å². The SMILES string of the molecule is N#CCCNc1ccc(C(N)=O)cc1. The first-order valence-electron chi connectivity index (χ1n) is 4.24. The van der Waals surface area contributed by atoms with E-state index in [0.717, 1.165) is 5.69 Å². The Balaban J connectivity index is 2.56. The predicted molar refractivity (Wildman–Crippen MR) is 53.7 cm³/mol. The summed E-state index contributed by atoms with van der Waals surface area (Å²) >= 11 is 0. The molecule has 0 unspecified atom stereocenters. The van der Waals surface area contributed by atoms with Gasteiger partial charge in [0.05, 0.1) is 12.5 Å². The fourth-order valence-electron chi connectivity index (χ4n) is 1.02. The van der Waals surface area contributed by atoms with Crippen molar-refractivity contribution in [2.24, 2.45) is 5.73 Å². The number of rotatable bonds is 4. The second-order valence-electron chi connectivity index (χ2n) is 2.78. The number of primary amides is 1. The zero-order chi connectivity index (χ0) is 10.4. The van der Waals surface area contributed by atoms with Crippen LogP contribution in [-0.2, 0) is 0 Å². The molecule has 0 bridgehead atoms. The van der Waals surface area contributed by atoms with Gasteiger partial charge in [-0.1, -0.05) is 0 Å². The Bertz CT molecular complexity index is 351. The fourth-order valence-corrected chi connectivity index (χ4v) is 1.02. The van der Waals surface area contributed by atoms with Crippen LogP contribution in [-0.4, -0.2) is 12.5 Å². The molecular weight excluding hydrogens is 178 g/mol. The third-order valence-corrected chi connectivity index (χ3v) is 1.74. The fraction of sp³-hybridized carbons (Fsp3) is 0.200. The molecule has 1 amide bonds. The second-order valence-corrected chi connectivity index (χ2v) is 2.78. The monoisotopic (exact) mass is 189 g/mol. The predicted octanol–water partition coefficient (Wildman–Crippen LogP) is 1.11. The van der Waals surface area contributed by atoms with Gasteiger partial charge in [0.25, 0.3) is 0 Å². The van der Waals surface area contributed by atoms with Crippen LogP contribution in [0.3, 0.4) is 0 Å². The molecule has 72 valence electrons. The van der Waals surface area contributed by atoms with Gasteiger partial charge in [0.2, 0.25) is 5.91 Å². The molecule has 1 aromatic carbocycles. The van der Waals surface area contributed by atoms with Crippen LogP contribution in [0.2, 0.25) is 0 Å². The molecule has 0 atom stereocenters. The van der Waals surface area contributed by atoms with Crippen LogP contribution < -0.4 is 11.1 Å². The van der Waals surface area contributed by atoms with Gasteiger partial charge in [-0.25, -0.2) is 0 Å². The van der Waals surface area contributed by atoms with Crippen molar-refractivity contribution >= 4 is 11.6 Å². The summed E-state index contributed by atoms with van der Waals surface area (Å²) in [6.45, 7) is 0.604. The zero-order valence-electron chi connectivity index (χ0n) is 7.66. The molecular formula is C10H11N3O. The lowest BCUT2D eigenvalue weighted by Crippen LogP contribution is -2.10. The van der Waals surface area contributed by atoms with Gasteiger partial charge in [-0.2, -0.15) is 5.26 Å². The van der Waals surface area contributed by atoms with Crippen molar-refractivity contribution in [3.05, 3.63) is 29.8 Å². The number of hydrogen-bond donors (Lipinski definition) is 2. The maximum Gasteiger partial charge on any atom is 0.248 e. The molecule has 0 radical (unpaired) electrons. The van der Waals surface area contributed by atoms with Gasteiger partial charge in [0, 0.05) is 17.8 Å². The molecule has 0 aromatic heterocycles. The van der Waals surface area contributed by atoms with E-state index in [1.807, 2.05) is 6.07 Å². The van der Waals surface area contributed by atoms with Crippen LogP contribution in [0.1, 0.15) is 16.8 Å². The Morgan fingerprint density at radius 1 is 1.43 bits per heavy atom. The highest BCUT2D eigenvalue weighted by Crippen LogP contribution is 2.08. The van der Waals surface area contributed by atoms with Gasteiger partial charge in [-0.05, 0) is 24.3 Å². The van der Waals surface area contributed by atoms with E-state index in [2.05, 4.69) is 5.32 Å². The minimum absolute atomic E-state index is 0.437. The average Bonchev–Trinajstić information content (AvgIpc) is 2.19. The normalized spacial score (nSPS) is 9.07. The third kappa shape index (κ3) is 2.79. The van der Waals surface area contributed by atoms with Crippen LogP contribution in [0.15, 0.2) is 24.3 Å². The van der Waals surface area contributed by atoms with Crippen LogP contribution >= 0.6 is 0 Å². The average molecular weight is 189 g/mol. The molecule has 0 heterocycles. The van der Waals surface area contributed by atoms with Crippen LogP contribution in [0.4, 0.5) is 5.69 Å². The zero-order valence-corrected chi connectivity index (χ0v) is 7.66. The minimum Gasteiger partial charge on any atom is -0.384 e. The molecule has 14 heavy (non-hydrogen) atoms. The van der Waals surface area contributed by atoms with Crippen molar-refractivity contribution in [1.82, 2.24) is 0 Å². The summed E-state index contributed by atoms with van der Waals surface area (Å²) in [5.74, 6) is -0.437. The lowest BCUT2D eigenvalue weighted by Gasteiger charge is -2.03. The summed E-state index contributed by atoms with van der Waals surface area (Å²) in [6.07, 6.45) is 0.456. The first-order chi connectivity index (χ1) is 6.74. The summed E-state index contributed by atoms with van der Waals surface area (Å²) in [5, 5.41) is 11.3. The molecule has 0 saturated carbocycles. The molecule has 1 rings (SSSR count). The largest absolute Gasteiger partial charge is 0.384 e. The smallest absolute Gasteiger partial charge is 0.248 e. The standard InChI is InChI=1S/C10H11N3O/c11-6-1-7-13-9-4-2-8(3-5-9)10(12)14/h2-5,13H,1,7H2,(H2,12,14). The maximum absolute atomic E-state index is 10.7. The summed E-state index contributed by atoms with van der Waals surface area (Å²) in [4.78, 5) is 10.7. The summed E-state index contributed by atoms with van der Waals surface area (Å²) in [6, 6.07) is 8.85. The van der Waals surface area contributed by atoms with Crippen molar-refractivity contribution in [1.29, 1.82) is 5.26 Å². The van der Waals surface area contributed by atoms with Crippen molar-refractivity contribution in [2.75, 3.05) is 11.9 Å². The van der Waals surface area contributed by atoms with Crippen LogP contribution in [0, 0.1) is 11.3 Å². The van der Waals surface area contributed by atoms with Gasteiger partial charge in [0.15, 0.2) is 0 Å². The number of benzene rings is 1. The Morgan fingerprint density at radius 3 is 2.57 bits per heavy atom. The molecule has 0 aliphatic rings. The Labute approximate surface area is 82.3 Å². The van der Waals surface area contributed by atoms with E-state index in [-0.39, 0.29) is 0 Å². The minimum atomic E-state index is -0.437. The second kappa shape index (κ2) is 4.87. The molecule has 4 heteroatoms. The van der Waals surface area contributed by atoms with Gasteiger partial charge < -0.3 is 11.1 Å². The van der Waals surface area contributed by atoms with E-state index in [4.69, 9.17) is 11.0 Å². The number of amides is 1. The van der Waals surface area contributed by atoms with E-state index in [9.17, 15) is 4.79 Å².